The van der Waals surface area contributed by atoms with Crippen LogP contribution in [-0.4, -0.2) is 62.9 Å². The molecule has 6 rings (SSSR count). The van der Waals surface area contributed by atoms with Crippen molar-refractivity contribution in [1.82, 2.24) is 25.1 Å². The van der Waals surface area contributed by atoms with Gasteiger partial charge in [-0.1, -0.05) is 13.8 Å². The van der Waals surface area contributed by atoms with Crippen LogP contribution in [0.25, 0.3) is 11.0 Å². The molecule has 0 bridgehead atoms. The van der Waals surface area contributed by atoms with Gasteiger partial charge in [0.25, 0.3) is 5.91 Å². The fraction of sp³-hybridized carbons (Fsp3) is 0.485. The Morgan fingerprint density at radius 3 is 2.43 bits per heavy atom. The predicted octanol–water partition coefficient (Wildman–Crippen LogP) is 6.92. The van der Waals surface area contributed by atoms with Crippen LogP contribution in [0, 0.1) is 24.7 Å². The molecule has 234 valence electrons. The lowest BCUT2D eigenvalue weighted by molar-refractivity contribution is -0.122. The highest BCUT2D eigenvalue weighted by Crippen LogP contribution is 2.36. The SMILES string of the molecule is CC(=O)C1CCN(C)CC1.Cc1cnc(NC(=O)c2ccc(Oc3ccnc4[nH]nc(NC5CCC(C)C(C)C5)c34)cc2)s1. The van der Waals surface area contributed by atoms with Crippen molar-refractivity contribution < 1.29 is 14.3 Å². The van der Waals surface area contributed by atoms with Gasteiger partial charge in [0.2, 0.25) is 0 Å². The van der Waals surface area contributed by atoms with E-state index in [9.17, 15) is 9.59 Å². The van der Waals surface area contributed by atoms with Crippen LogP contribution in [0.4, 0.5) is 10.9 Å². The summed E-state index contributed by atoms with van der Waals surface area (Å²) in [5.41, 5.74) is 1.21. The van der Waals surface area contributed by atoms with Crippen LogP contribution in [-0.2, 0) is 4.79 Å². The molecule has 3 aromatic heterocycles. The molecule has 3 atom stereocenters. The van der Waals surface area contributed by atoms with Crippen molar-refractivity contribution in [2.24, 2.45) is 17.8 Å². The van der Waals surface area contributed by atoms with Crippen molar-refractivity contribution >= 4 is 45.0 Å². The first-order chi connectivity index (χ1) is 21.2. The minimum atomic E-state index is -0.204. The van der Waals surface area contributed by atoms with Gasteiger partial charge < -0.3 is 15.0 Å². The van der Waals surface area contributed by atoms with E-state index in [0.717, 1.165) is 60.8 Å². The third-order valence-electron chi connectivity index (χ3n) is 8.84. The zero-order chi connectivity index (χ0) is 31.2. The number of pyridine rings is 1. The summed E-state index contributed by atoms with van der Waals surface area (Å²) in [4.78, 5) is 35.3. The maximum atomic E-state index is 12.5. The van der Waals surface area contributed by atoms with Gasteiger partial charge >= 0.3 is 0 Å². The fourth-order valence-electron chi connectivity index (χ4n) is 5.78. The van der Waals surface area contributed by atoms with Gasteiger partial charge in [-0.2, -0.15) is 5.10 Å². The number of nitrogens with zero attached hydrogens (tertiary/aromatic N) is 4. The highest BCUT2D eigenvalue weighted by Gasteiger charge is 2.26. The van der Waals surface area contributed by atoms with Crippen LogP contribution in [0.15, 0.2) is 42.7 Å². The average molecular weight is 618 g/mol. The maximum absolute atomic E-state index is 12.5. The minimum absolute atomic E-state index is 0.204. The molecule has 1 aliphatic heterocycles. The van der Waals surface area contributed by atoms with E-state index in [1.54, 1.807) is 43.6 Å². The number of hydrogen-bond donors (Lipinski definition) is 3. The molecule has 2 fully saturated rings. The summed E-state index contributed by atoms with van der Waals surface area (Å²) in [5, 5.41) is 15.3. The molecule has 1 saturated carbocycles. The van der Waals surface area contributed by atoms with Crippen LogP contribution in [0.1, 0.15) is 68.1 Å². The minimum Gasteiger partial charge on any atom is -0.456 e. The molecule has 1 saturated heterocycles. The summed E-state index contributed by atoms with van der Waals surface area (Å²) >= 11 is 1.44. The normalized spacial score (nSPS) is 20.9. The number of H-pyrrole nitrogens is 1. The Bertz CT molecular complexity index is 1560. The summed E-state index contributed by atoms with van der Waals surface area (Å²) in [7, 11) is 2.11. The lowest BCUT2D eigenvalue weighted by Gasteiger charge is -2.32. The molecule has 4 heterocycles. The summed E-state index contributed by atoms with van der Waals surface area (Å²) in [6.07, 6.45) is 9.02. The number of aryl methyl sites for hydroxylation is 1. The van der Waals surface area contributed by atoms with Crippen molar-refractivity contribution in [2.45, 2.75) is 65.8 Å². The molecule has 4 aromatic rings. The second kappa shape index (κ2) is 14.3. The quantitative estimate of drug-likeness (QED) is 0.204. The lowest BCUT2D eigenvalue weighted by atomic mass is 9.79. The van der Waals surface area contributed by atoms with Crippen LogP contribution in [0.3, 0.4) is 0 Å². The summed E-state index contributed by atoms with van der Waals surface area (Å²) in [5.74, 6) is 4.01. The monoisotopic (exact) mass is 617 g/mol. The van der Waals surface area contributed by atoms with E-state index in [2.05, 4.69) is 56.6 Å². The van der Waals surface area contributed by atoms with E-state index in [0.29, 0.717) is 51.5 Å². The number of amides is 1. The van der Waals surface area contributed by atoms with Crippen LogP contribution >= 0.6 is 11.3 Å². The second-order valence-electron chi connectivity index (χ2n) is 12.3. The Labute approximate surface area is 263 Å². The van der Waals surface area contributed by atoms with E-state index < -0.39 is 0 Å². The van der Waals surface area contributed by atoms with Crippen molar-refractivity contribution in [3.63, 3.8) is 0 Å². The zero-order valence-corrected chi connectivity index (χ0v) is 27.0. The number of thiazole rings is 1. The molecule has 1 aromatic carbocycles. The molecule has 3 unspecified atom stereocenters. The first-order valence-corrected chi connectivity index (χ1v) is 16.3. The van der Waals surface area contributed by atoms with Gasteiger partial charge in [0.15, 0.2) is 16.6 Å². The third-order valence-corrected chi connectivity index (χ3v) is 9.67. The highest BCUT2D eigenvalue weighted by atomic mass is 32.1. The topological polar surface area (TPSA) is 125 Å². The first-order valence-electron chi connectivity index (χ1n) is 15.5. The van der Waals surface area contributed by atoms with E-state index in [1.165, 1.54) is 17.8 Å². The molecule has 11 heteroatoms. The molecular weight excluding hydrogens is 574 g/mol. The number of rotatable bonds is 7. The number of piperidine rings is 1. The number of likely N-dealkylation sites (tertiary alicyclic amines) is 1. The number of Topliss-reactive ketones (excluding diaryl/α,β-unsaturated/α-hetero) is 1. The number of aromatic nitrogens is 4. The number of aromatic amines is 1. The van der Waals surface area contributed by atoms with Gasteiger partial charge in [0.05, 0.1) is 0 Å². The van der Waals surface area contributed by atoms with Gasteiger partial charge in [0, 0.05) is 40.9 Å². The number of ether oxygens (including phenoxy) is 1. The van der Waals surface area contributed by atoms with Gasteiger partial charge in [-0.25, -0.2) is 9.97 Å². The van der Waals surface area contributed by atoms with Crippen LogP contribution < -0.4 is 15.4 Å². The number of ketones is 1. The van der Waals surface area contributed by atoms with Gasteiger partial charge in [-0.05, 0) is 102 Å². The predicted molar refractivity (Wildman–Crippen MR) is 176 cm³/mol. The van der Waals surface area contributed by atoms with Crippen LogP contribution in [0.5, 0.6) is 11.5 Å². The maximum Gasteiger partial charge on any atom is 0.257 e. The van der Waals surface area contributed by atoms with Crippen molar-refractivity contribution in [3.05, 3.63) is 53.2 Å². The molecule has 1 amide bonds. The van der Waals surface area contributed by atoms with E-state index in [-0.39, 0.29) is 5.91 Å². The second-order valence-corrected chi connectivity index (χ2v) is 13.5. The Balaban J connectivity index is 0.000000328. The summed E-state index contributed by atoms with van der Waals surface area (Å²) < 4.78 is 6.19. The molecule has 10 nitrogen and oxygen atoms in total. The molecular formula is C33H43N7O3S. The average Bonchev–Trinajstić information content (AvgIpc) is 3.62. The number of hydrogen-bond acceptors (Lipinski definition) is 9. The van der Waals surface area contributed by atoms with E-state index in [4.69, 9.17) is 4.74 Å². The Hall–Kier alpha value is -3.83. The number of anilines is 2. The number of carbonyl (C=O) groups is 2. The zero-order valence-electron chi connectivity index (χ0n) is 26.2. The molecule has 0 radical (unpaired) electrons. The summed E-state index contributed by atoms with van der Waals surface area (Å²) in [6, 6.07) is 9.26. The van der Waals surface area contributed by atoms with Gasteiger partial charge in [0.1, 0.15) is 22.7 Å². The smallest absolute Gasteiger partial charge is 0.257 e. The van der Waals surface area contributed by atoms with Crippen molar-refractivity contribution in [1.29, 1.82) is 0 Å². The highest BCUT2D eigenvalue weighted by molar-refractivity contribution is 7.15. The fourth-order valence-corrected chi connectivity index (χ4v) is 6.44. The van der Waals surface area contributed by atoms with Gasteiger partial charge in [-0.3, -0.25) is 20.0 Å². The van der Waals surface area contributed by atoms with Gasteiger partial charge in [-0.15, -0.1) is 11.3 Å². The largest absolute Gasteiger partial charge is 0.456 e. The number of benzene rings is 1. The molecule has 1 aliphatic carbocycles. The van der Waals surface area contributed by atoms with Crippen LogP contribution in [0.2, 0.25) is 0 Å². The Kier molecular flexibility index (Phi) is 10.3. The standard InChI is InChI=1S/C25H28N6O2S.C8H15NO/c1-14-4-7-18(12-15(14)2)28-23-21-20(10-11-26-22(21)30-31-23)33-19-8-5-17(6-9-19)24(32)29-25-27-13-16(3)34-25;1-7(10)8-3-5-9(2)6-4-8/h5-6,8-11,13-15,18H,4,7,12H2,1-3H3,(H,27,29,32)(H2,26,28,30,31);8H,3-6H2,1-2H3. The first kappa shape index (κ1) is 31.6. The number of fused-ring (bicyclic) bond motifs is 1. The van der Waals surface area contributed by atoms with Crippen molar-refractivity contribution in [3.8, 4) is 11.5 Å². The molecule has 0 spiro atoms. The molecule has 3 N–H and O–H groups in total. The third kappa shape index (κ3) is 8.00. The number of nitrogens with one attached hydrogen (secondary N) is 3. The Morgan fingerprint density at radius 1 is 1.02 bits per heavy atom. The van der Waals surface area contributed by atoms with Crippen molar-refractivity contribution in [2.75, 3.05) is 30.8 Å². The lowest BCUT2D eigenvalue weighted by Crippen LogP contribution is -2.32. The van der Waals surface area contributed by atoms with E-state index >= 15 is 0 Å². The Morgan fingerprint density at radius 2 is 1.77 bits per heavy atom. The van der Waals surface area contributed by atoms with E-state index in [1.807, 2.05) is 13.0 Å². The molecule has 2 aliphatic rings. The molecule has 44 heavy (non-hydrogen) atoms. The number of carbonyl (C=O) groups excluding carboxylic acids is 2. The summed E-state index contributed by atoms with van der Waals surface area (Å²) in [6.45, 7) is 10.5.